The first-order chi connectivity index (χ1) is 10.3. The number of nitrogens with one attached hydrogen (secondary N) is 1. The number of methoxy groups -OCH3 is 1. The second-order valence-electron chi connectivity index (χ2n) is 6.50. The highest BCUT2D eigenvalue weighted by Gasteiger charge is 2.41. The van der Waals surface area contributed by atoms with Gasteiger partial charge in [0.15, 0.2) is 0 Å². The van der Waals surface area contributed by atoms with Crippen LogP contribution in [0.5, 0.6) is 0 Å². The van der Waals surface area contributed by atoms with Gasteiger partial charge in [-0.1, -0.05) is 37.1 Å². The normalized spacial score (nSPS) is 24.0. The van der Waals surface area contributed by atoms with Crippen LogP contribution >= 0.6 is 0 Å². The topological polar surface area (TPSA) is 30.5 Å². The molecular weight excluding hydrogens is 262 g/mol. The summed E-state index contributed by atoms with van der Waals surface area (Å²) < 4.78 is 11.6. The first kappa shape index (κ1) is 15.0. The van der Waals surface area contributed by atoms with Gasteiger partial charge in [-0.05, 0) is 36.8 Å². The Labute approximate surface area is 128 Å². The Balaban J connectivity index is 1.46. The Morgan fingerprint density at radius 1 is 1.19 bits per heavy atom. The van der Waals surface area contributed by atoms with Crippen LogP contribution < -0.4 is 5.32 Å². The number of ether oxygens (including phenoxy) is 2. The summed E-state index contributed by atoms with van der Waals surface area (Å²) in [6.45, 7) is 2.54. The van der Waals surface area contributed by atoms with Crippen molar-refractivity contribution in [2.75, 3.05) is 13.7 Å². The lowest BCUT2D eigenvalue weighted by Crippen LogP contribution is -2.31. The van der Waals surface area contributed by atoms with Crippen molar-refractivity contribution in [2.24, 2.45) is 0 Å². The minimum Gasteiger partial charge on any atom is -0.380 e. The molecule has 3 heteroatoms. The highest BCUT2D eigenvalue weighted by molar-refractivity contribution is 5.26. The zero-order valence-electron chi connectivity index (χ0n) is 13.1. The molecule has 1 N–H and O–H groups in total. The van der Waals surface area contributed by atoms with E-state index in [4.69, 9.17) is 9.47 Å². The smallest absolute Gasteiger partial charge is 0.0716 e. The summed E-state index contributed by atoms with van der Waals surface area (Å²) in [4.78, 5) is 0. The predicted molar refractivity (Wildman–Crippen MR) is 84.2 cm³/mol. The maximum atomic E-state index is 6.34. The summed E-state index contributed by atoms with van der Waals surface area (Å²) in [5.41, 5.74) is 2.85. The minimum absolute atomic E-state index is 0.250. The molecule has 2 aliphatic rings. The van der Waals surface area contributed by atoms with Crippen molar-refractivity contribution in [1.29, 1.82) is 0 Å². The van der Waals surface area contributed by atoms with Crippen LogP contribution in [0.1, 0.15) is 49.7 Å². The van der Waals surface area contributed by atoms with Crippen LogP contribution in [0.2, 0.25) is 0 Å². The van der Waals surface area contributed by atoms with Gasteiger partial charge in [0.2, 0.25) is 0 Å². The Morgan fingerprint density at radius 2 is 1.95 bits per heavy atom. The van der Waals surface area contributed by atoms with Crippen LogP contribution in [0.3, 0.4) is 0 Å². The van der Waals surface area contributed by atoms with E-state index in [9.17, 15) is 0 Å². The van der Waals surface area contributed by atoms with Crippen LogP contribution in [0.25, 0.3) is 0 Å². The van der Waals surface area contributed by atoms with Gasteiger partial charge in [0.25, 0.3) is 0 Å². The van der Waals surface area contributed by atoms with Gasteiger partial charge in [0, 0.05) is 20.2 Å². The van der Waals surface area contributed by atoms with Crippen molar-refractivity contribution in [3.63, 3.8) is 0 Å². The summed E-state index contributed by atoms with van der Waals surface area (Å²) in [6, 6.07) is 8.48. The lowest BCUT2D eigenvalue weighted by molar-refractivity contribution is -0.0351. The van der Waals surface area contributed by atoms with E-state index in [0.717, 1.165) is 13.1 Å². The Bertz CT molecular complexity index is 454. The maximum absolute atomic E-state index is 6.34. The van der Waals surface area contributed by atoms with E-state index in [1.807, 2.05) is 0 Å². The number of rotatable bonds is 6. The van der Waals surface area contributed by atoms with Crippen LogP contribution in [-0.2, 0) is 22.6 Å². The Hall–Kier alpha value is -0.900. The van der Waals surface area contributed by atoms with Crippen LogP contribution in [0, 0.1) is 0 Å². The van der Waals surface area contributed by atoms with Crippen molar-refractivity contribution in [3.8, 4) is 0 Å². The highest BCUT2D eigenvalue weighted by atomic mass is 16.5. The fourth-order valence-electron chi connectivity index (χ4n) is 3.82. The minimum atomic E-state index is 0.250. The van der Waals surface area contributed by atoms with E-state index >= 15 is 0 Å². The molecule has 1 aliphatic heterocycles. The summed E-state index contributed by atoms with van der Waals surface area (Å²) in [5.74, 6) is 0. The SMILES string of the molecule is COCc1ccccc1CNCC1CCC2(CCCC2)O1. The largest absolute Gasteiger partial charge is 0.380 e. The maximum Gasteiger partial charge on any atom is 0.0716 e. The van der Waals surface area contributed by atoms with Gasteiger partial charge in [-0.15, -0.1) is 0 Å². The van der Waals surface area contributed by atoms with E-state index < -0.39 is 0 Å². The van der Waals surface area contributed by atoms with E-state index in [2.05, 4.69) is 29.6 Å². The molecule has 1 atom stereocenters. The van der Waals surface area contributed by atoms with E-state index in [0.29, 0.717) is 12.7 Å². The molecule has 3 rings (SSSR count). The zero-order valence-corrected chi connectivity index (χ0v) is 13.1. The first-order valence-corrected chi connectivity index (χ1v) is 8.26. The average molecular weight is 289 g/mol. The zero-order chi connectivity index (χ0) is 14.5. The summed E-state index contributed by atoms with van der Waals surface area (Å²) in [7, 11) is 1.75. The first-order valence-electron chi connectivity index (χ1n) is 8.26. The number of hydrogen-bond donors (Lipinski definition) is 1. The molecule has 1 saturated carbocycles. The molecule has 116 valence electrons. The van der Waals surface area contributed by atoms with Gasteiger partial charge in [0.1, 0.15) is 0 Å². The molecule has 2 fully saturated rings. The van der Waals surface area contributed by atoms with E-state index in [-0.39, 0.29) is 5.60 Å². The molecule has 1 spiro atoms. The molecule has 1 saturated heterocycles. The summed E-state index contributed by atoms with van der Waals surface area (Å²) >= 11 is 0. The molecule has 0 bridgehead atoms. The van der Waals surface area contributed by atoms with Crippen molar-refractivity contribution >= 4 is 0 Å². The quantitative estimate of drug-likeness (QED) is 0.870. The fourth-order valence-corrected chi connectivity index (χ4v) is 3.82. The summed E-state index contributed by atoms with van der Waals surface area (Å²) in [6.07, 6.45) is 8.14. The molecule has 0 radical (unpaired) electrons. The van der Waals surface area contributed by atoms with E-state index in [1.165, 1.54) is 49.7 Å². The van der Waals surface area contributed by atoms with Gasteiger partial charge >= 0.3 is 0 Å². The molecular formula is C18H27NO2. The van der Waals surface area contributed by atoms with Crippen LogP contribution in [-0.4, -0.2) is 25.4 Å². The molecule has 0 aromatic heterocycles. The van der Waals surface area contributed by atoms with Crippen molar-refractivity contribution in [3.05, 3.63) is 35.4 Å². The Morgan fingerprint density at radius 3 is 2.71 bits per heavy atom. The molecule has 1 heterocycles. The molecule has 21 heavy (non-hydrogen) atoms. The third-order valence-corrected chi connectivity index (χ3v) is 4.96. The lowest BCUT2D eigenvalue weighted by Gasteiger charge is -2.24. The van der Waals surface area contributed by atoms with Gasteiger partial charge in [0.05, 0.1) is 18.3 Å². The highest BCUT2D eigenvalue weighted by Crippen LogP contribution is 2.43. The molecule has 1 unspecified atom stereocenters. The van der Waals surface area contributed by atoms with Crippen molar-refractivity contribution in [1.82, 2.24) is 5.32 Å². The lowest BCUT2D eigenvalue weighted by atomic mass is 9.98. The second kappa shape index (κ2) is 6.91. The van der Waals surface area contributed by atoms with Crippen molar-refractivity contribution in [2.45, 2.75) is 63.4 Å². The molecule has 1 aromatic rings. The number of hydrogen-bond acceptors (Lipinski definition) is 3. The third kappa shape index (κ3) is 3.65. The standard InChI is InChI=1S/C18H27NO2/c1-20-14-16-7-3-2-6-15(16)12-19-13-17-8-11-18(21-17)9-4-5-10-18/h2-3,6-7,17,19H,4-5,8-14H2,1H3. The molecule has 3 nitrogen and oxygen atoms in total. The second-order valence-corrected chi connectivity index (χ2v) is 6.50. The molecule has 1 aromatic carbocycles. The molecule has 1 aliphatic carbocycles. The Kier molecular flexibility index (Phi) is 4.94. The monoisotopic (exact) mass is 289 g/mol. The average Bonchev–Trinajstić information content (AvgIpc) is 3.12. The van der Waals surface area contributed by atoms with Gasteiger partial charge in [-0.3, -0.25) is 0 Å². The van der Waals surface area contributed by atoms with E-state index in [1.54, 1.807) is 7.11 Å². The summed E-state index contributed by atoms with van der Waals surface area (Å²) in [5, 5.41) is 3.57. The van der Waals surface area contributed by atoms with Gasteiger partial charge in [-0.2, -0.15) is 0 Å². The molecule has 0 amide bonds. The fraction of sp³-hybridized carbons (Fsp3) is 0.667. The van der Waals surface area contributed by atoms with Gasteiger partial charge in [-0.25, -0.2) is 0 Å². The van der Waals surface area contributed by atoms with Crippen LogP contribution in [0.4, 0.5) is 0 Å². The van der Waals surface area contributed by atoms with Gasteiger partial charge < -0.3 is 14.8 Å². The third-order valence-electron chi connectivity index (χ3n) is 4.96. The van der Waals surface area contributed by atoms with Crippen molar-refractivity contribution < 1.29 is 9.47 Å². The van der Waals surface area contributed by atoms with Crippen LogP contribution in [0.15, 0.2) is 24.3 Å². The predicted octanol–water partition coefficient (Wildman–Crippen LogP) is 3.41. The number of benzene rings is 1.